The number of ether oxygens (including phenoxy) is 1. The van der Waals surface area contributed by atoms with Crippen LogP contribution in [0.15, 0.2) is 42.5 Å². The summed E-state index contributed by atoms with van der Waals surface area (Å²) in [6.07, 6.45) is 4.90. The van der Waals surface area contributed by atoms with Gasteiger partial charge >= 0.3 is 5.97 Å². The Kier molecular flexibility index (Phi) is 5.27. The summed E-state index contributed by atoms with van der Waals surface area (Å²) in [6.45, 7) is 2.36. The first-order chi connectivity index (χ1) is 14.9. The minimum absolute atomic E-state index is 0.177. The second-order valence-electron chi connectivity index (χ2n) is 9.10. The van der Waals surface area contributed by atoms with E-state index in [1.54, 1.807) is 12.1 Å². The van der Waals surface area contributed by atoms with Crippen LogP contribution in [0.4, 0.5) is 0 Å². The van der Waals surface area contributed by atoms with Crippen molar-refractivity contribution in [3.05, 3.63) is 58.6 Å². The maximum Gasteiger partial charge on any atom is 0.335 e. The van der Waals surface area contributed by atoms with Gasteiger partial charge in [0.2, 0.25) is 0 Å². The van der Waals surface area contributed by atoms with Crippen LogP contribution in [-0.2, 0) is 9.53 Å². The van der Waals surface area contributed by atoms with Gasteiger partial charge in [-0.15, -0.1) is 0 Å². The molecule has 0 aromatic heterocycles. The van der Waals surface area contributed by atoms with E-state index in [1.807, 2.05) is 4.90 Å². The lowest BCUT2D eigenvalue weighted by atomic mass is 9.88. The number of halogens is 1. The molecule has 6 heteroatoms. The predicted molar refractivity (Wildman–Crippen MR) is 118 cm³/mol. The summed E-state index contributed by atoms with van der Waals surface area (Å²) in [6, 6.07) is 13.3. The zero-order valence-corrected chi connectivity index (χ0v) is 18.1. The number of amides is 1. The number of carbonyl (C=O) groups excluding carboxylic acids is 1. The van der Waals surface area contributed by atoms with E-state index in [4.69, 9.17) is 16.3 Å². The third-order valence-corrected chi connectivity index (χ3v) is 7.48. The van der Waals surface area contributed by atoms with Crippen LogP contribution < -0.4 is 0 Å². The molecule has 1 saturated carbocycles. The highest BCUT2D eigenvalue weighted by atomic mass is 35.5. The van der Waals surface area contributed by atoms with Crippen LogP contribution in [-0.4, -0.2) is 47.7 Å². The first-order valence-electron chi connectivity index (χ1n) is 11.0. The molecule has 5 nitrogen and oxygen atoms in total. The summed E-state index contributed by atoms with van der Waals surface area (Å²) >= 11 is 6.11. The summed E-state index contributed by atoms with van der Waals surface area (Å²) < 4.78 is 5.57. The van der Waals surface area contributed by atoms with Crippen molar-refractivity contribution in [2.75, 3.05) is 19.7 Å². The fraction of sp³-hybridized carbons (Fsp3) is 0.440. The fourth-order valence-corrected chi connectivity index (χ4v) is 5.54. The minimum atomic E-state index is -0.982. The van der Waals surface area contributed by atoms with E-state index in [0.29, 0.717) is 23.0 Å². The van der Waals surface area contributed by atoms with Crippen molar-refractivity contribution in [2.45, 2.75) is 44.1 Å². The van der Waals surface area contributed by atoms with E-state index in [0.717, 1.165) is 49.9 Å². The molecule has 3 fully saturated rings. The molecule has 1 aliphatic carbocycles. The van der Waals surface area contributed by atoms with Crippen molar-refractivity contribution >= 4 is 23.5 Å². The molecule has 1 spiro atoms. The van der Waals surface area contributed by atoms with Crippen LogP contribution in [0.2, 0.25) is 5.02 Å². The molecule has 0 bridgehead atoms. The molecule has 31 heavy (non-hydrogen) atoms. The van der Waals surface area contributed by atoms with Crippen LogP contribution in [0.3, 0.4) is 0 Å². The molecule has 2 aromatic rings. The van der Waals surface area contributed by atoms with Crippen molar-refractivity contribution < 1.29 is 19.4 Å². The quantitative estimate of drug-likeness (QED) is 0.729. The number of carbonyl (C=O) groups is 2. The normalized spacial score (nSPS) is 24.4. The van der Waals surface area contributed by atoms with Crippen molar-refractivity contribution in [2.24, 2.45) is 5.41 Å². The lowest BCUT2D eigenvalue weighted by molar-refractivity contribution is -0.142. The number of likely N-dealkylation sites (tertiary alicyclic amines) is 1. The predicted octanol–water partition coefficient (Wildman–Crippen LogP) is 4.98. The highest BCUT2D eigenvalue weighted by Crippen LogP contribution is 2.65. The molecule has 2 heterocycles. The summed E-state index contributed by atoms with van der Waals surface area (Å²) in [7, 11) is 0. The molecule has 0 unspecified atom stereocenters. The standard InChI is InChI=1S/C25H26ClNO4/c26-20-13-18(12-19(14-20)24(29)30)16-3-5-17(6-4-16)21-15-25(21)7-9-27(10-8-25)23(28)22-2-1-11-31-22/h3-6,12-14,21-22H,1-2,7-11,15H2,(H,29,30)/t21-,22-/m1/s1. The van der Waals surface area contributed by atoms with Crippen LogP contribution in [0.25, 0.3) is 11.1 Å². The second kappa shape index (κ2) is 7.95. The Morgan fingerprint density at radius 2 is 1.81 bits per heavy atom. The maximum atomic E-state index is 12.6. The van der Waals surface area contributed by atoms with Gasteiger partial charge in [0.15, 0.2) is 0 Å². The number of nitrogens with zero attached hydrogens (tertiary/aromatic N) is 1. The summed E-state index contributed by atoms with van der Waals surface area (Å²) in [5, 5.41) is 9.69. The van der Waals surface area contributed by atoms with Crippen LogP contribution in [0, 0.1) is 5.41 Å². The largest absolute Gasteiger partial charge is 0.478 e. The lowest BCUT2D eigenvalue weighted by Gasteiger charge is -2.34. The monoisotopic (exact) mass is 439 g/mol. The molecule has 1 amide bonds. The minimum Gasteiger partial charge on any atom is -0.478 e. The number of carboxylic acids is 1. The van der Waals surface area contributed by atoms with Crippen molar-refractivity contribution in [3.63, 3.8) is 0 Å². The summed E-state index contributed by atoms with van der Waals surface area (Å²) in [5.74, 6) is -0.267. The van der Waals surface area contributed by atoms with E-state index >= 15 is 0 Å². The molecule has 0 radical (unpaired) electrons. The second-order valence-corrected chi connectivity index (χ2v) is 9.54. The van der Waals surface area contributed by atoms with Gasteiger partial charge in [0, 0.05) is 24.7 Å². The topological polar surface area (TPSA) is 66.8 Å². The third-order valence-electron chi connectivity index (χ3n) is 7.26. The molecule has 2 saturated heterocycles. The first-order valence-corrected chi connectivity index (χ1v) is 11.4. The Morgan fingerprint density at radius 3 is 2.45 bits per heavy atom. The van der Waals surface area contributed by atoms with Crippen molar-refractivity contribution in [1.29, 1.82) is 0 Å². The van der Waals surface area contributed by atoms with Gasteiger partial charge in [0.05, 0.1) is 5.56 Å². The van der Waals surface area contributed by atoms with Gasteiger partial charge in [-0.05, 0) is 78.3 Å². The fourth-order valence-electron chi connectivity index (χ4n) is 5.31. The van der Waals surface area contributed by atoms with E-state index in [1.165, 1.54) is 18.1 Å². The molecule has 5 rings (SSSR count). The summed E-state index contributed by atoms with van der Waals surface area (Å²) in [5.41, 5.74) is 3.60. The first kappa shape index (κ1) is 20.5. The van der Waals surface area contributed by atoms with Gasteiger partial charge in [-0.25, -0.2) is 4.79 Å². The molecule has 1 N–H and O–H groups in total. The maximum absolute atomic E-state index is 12.6. The number of benzene rings is 2. The van der Waals surface area contributed by atoms with Gasteiger partial charge in [0.25, 0.3) is 5.91 Å². The van der Waals surface area contributed by atoms with Crippen LogP contribution in [0.5, 0.6) is 0 Å². The average molecular weight is 440 g/mol. The van der Waals surface area contributed by atoms with Crippen molar-refractivity contribution in [1.82, 2.24) is 4.90 Å². The van der Waals surface area contributed by atoms with Gasteiger partial charge in [0.1, 0.15) is 6.10 Å². The van der Waals surface area contributed by atoms with E-state index in [-0.39, 0.29) is 17.6 Å². The Bertz CT molecular complexity index is 1000. The van der Waals surface area contributed by atoms with Crippen LogP contribution >= 0.6 is 11.6 Å². The molecule has 2 aliphatic heterocycles. The van der Waals surface area contributed by atoms with Gasteiger partial charge in [-0.1, -0.05) is 35.9 Å². The number of rotatable bonds is 4. The van der Waals surface area contributed by atoms with E-state index in [9.17, 15) is 14.7 Å². The molecular weight excluding hydrogens is 414 g/mol. The zero-order chi connectivity index (χ0) is 21.6. The number of hydrogen-bond acceptors (Lipinski definition) is 3. The molecule has 2 aromatic carbocycles. The highest BCUT2D eigenvalue weighted by molar-refractivity contribution is 6.31. The smallest absolute Gasteiger partial charge is 0.335 e. The van der Waals surface area contributed by atoms with Crippen molar-refractivity contribution in [3.8, 4) is 11.1 Å². The highest BCUT2D eigenvalue weighted by Gasteiger charge is 2.55. The number of aromatic carboxylic acids is 1. The SMILES string of the molecule is O=C(O)c1cc(Cl)cc(-c2ccc([C@H]3CC34CCN(C(=O)[C@H]3CCCO3)CC4)cc2)c1. The Balaban J connectivity index is 1.24. The molecule has 2 atom stereocenters. The number of piperidine rings is 1. The average Bonchev–Trinajstić information content (AvgIpc) is 3.20. The molecule has 3 aliphatic rings. The number of carboxylic acid groups (broad SMARTS) is 1. The van der Waals surface area contributed by atoms with Gasteiger partial charge < -0.3 is 14.7 Å². The third kappa shape index (κ3) is 3.97. The number of hydrogen-bond donors (Lipinski definition) is 1. The molecule has 162 valence electrons. The van der Waals surface area contributed by atoms with E-state index in [2.05, 4.69) is 24.3 Å². The van der Waals surface area contributed by atoms with Crippen LogP contribution in [0.1, 0.15) is 53.9 Å². The van der Waals surface area contributed by atoms with Gasteiger partial charge in [-0.2, -0.15) is 0 Å². The Labute approximate surface area is 187 Å². The Morgan fingerprint density at radius 1 is 1.06 bits per heavy atom. The zero-order valence-electron chi connectivity index (χ0n) is 17.4. The lowest BCUT2D eigenvalue weighted by Crippen LogP contribution is -2.44. The molecular formula is C25H26ClNO4. The Hall–Kier alpha value is -2.37. The van der Waals surface area contributed by atoms with Gasteiger partial charge in [-0.3, -0.25) is 4.79 Å². The summed E-state index contributed by atoms with van der Waals surface area (Å²) in [4.78, 5) is 25.9. The van der Waals surface area contributed by atoms with E-state index < -0.39 is 5.97 Å².